The average Bonchev–Trinajstić information content (AvgIpc) is 2.66. The zero-order valence-corrected chi connectivity index (χ0v) is 17.7. The summed E-state index contributed by atoms with van der Waals surface area (Å²) in [6.07, 6.45) is 2.15. The van der Waals surface area contributed by atoms with Gasteiger partial charge in [0, 0.05) is 5.56 Å². The number of benzene rings is 2. The molecule has 0 aliphatic carbocycles. The molecule has 0 radical (unpaired) electrons. The van der Waals surface area contributed by atoms with E-state index >= 15 is 0 Å². The summed E-state index contributed by atoms with van der Waals surface area (Å²) in [6.45, 7) is 13.3. The van der Waals surface area contributed by atoms with Crippen molar-refractivity contribution in [2.75, 3.05) is 26.3 Å². The van der Waals surface area contributed by atoms with E-state index in [2.05, 4.69) is 69.4 Å². The maximum absolute atomic E-state index is 7.13. The first-order valence-corrected chi connectivity index (χ1v) is 10.8. The third-order valence-electron chi connectivity index (χ3n) is 7.33. The zero-order valence-electron chi connectivity index (χ0n) is 17.7. The van der Waals surface area contributed by atoms with Crippen molar-refractivity contribution in [1.29, 1.82) is 0 Å². The molecular formula is C24H34N2O2+2. The molecule has 3 N–H and O–H groups in total. The van der Waals surface area contributed by atoms with E-state index in [4.69, 9.17) is 9.47 Å². The number of rotatable bonds is 1. The minimum atomic E-state index is -0.180. The third kappa shape index (κ3) is 2.77. The lowest BCUT2D eigenvalue weighted by atomic mass is 9.64. The highest BCUT2D eigenvalue weighted by molar-refractivity contribution is 5.88. The monoisotopic (exact) mass is 382 g/mol. The SMILES string of the molecule is CC1(C)C[C@@]2([NH+]3CCOCC3)Oc3ccc4ccccc4c3C[C@@H]2C(C)(C)[NH2+]1. The summed E-state index contributed by atoms with van der Waals surface area (Å²) in [6, 6.07) is 13.2. The number of nitrogens with two attached hydrogens (primary N) is 1. The van der Waals surface area contributed by atoms with E-state index in [0.717, 1.165) is 44.9 Å². The minimum Gasteiger partial charge on any atom is -0.439 e. The number of fused-ring (bicyclic) bond motifs is 4. The van der Waals surface area contributed by atoms with Gasteiger partial charge in [-0.1, -0.05) is 30.3 Å². The number of nitrogens with one attached hydrogen (secondary N) is 1. The molecule has 0 aromatic heterocycles. The van der Waals surface area contributed by atoms with Crippen molar-refractivity contribution in [3.63, 3.8) is 0 Å². The normalized spacial score (nSPS) is 31.6. The van der Waals surface area contributed by atoms with Crippen LogP contribution in [0.5, 0.6) is 5.75 Å². The second-order valence-corrected chi connectivity index (χ2v) is 10.4. The predicted octanol–water partition coefficient (Wildman–Crippen LogP) is 1.53. The predicted molar refractivity (Wildman–Crippen MR) is 111 cm³/mol. The first-order valence-electron chi connectivity index (χ1n) is 10.8. The summed E-state index contributed by atoms with van der Waals surface area (Å²) in [5.74, 6) is 1.56. The smallest absolute Gasteiger partial charge is 0.257 e. The van der Waals surface area contributed by atoms with Gasteiger partial charge in [-0.2, -0.15) is 0 Å². The van der Waals surface area contributed by atoms with Crippen molar-refractivity contribution < 1.29 is 19.7 Å². The van der Waals surface area contributed by atoms with Gasteiger partial charge in [0.05, 0.1) is 19.6 Å². The maximum Gasteiger partial charge on any atom is 0.257 e. The summed E-state index contributed by atoms with van der Waals surface area (Å²) in [5, 5.41) is 5.27. The molecular weight excluding hydrogens is 348 g/mol. The minimum absolute atomic E-state index is 0.113. The Morgan fingerprint density at radius 1 is 1.00 bits per heavy atom. The van der Waals surface area contributed by atoms with Gasteiger partial charge in [0.2, 0.25) is 0 Å². The Labute approximate surface area is 168 Å². The fourth-order valence-corrected chi connectivity index (χ4v) is 6.60. The Morgan fingerprint density at radius 2 is 1.75 bits per heavy atom. The molecule has 4 nitrogen and oxygen atoms in total. The van der Waals surface area contributed by atoms with Gasteiger partial charge in [-0.15, -0.1) is 0 Å². The summed E-state index contributed by atoms with van der Waals surface area (Å²) in [7, 11) is 0. The molecule has 0 saturated carbocycles. The van der Waals surface area contributed by atoms with Crippen molar-refractivity contribution in [3.8, 4) is 5.75 Å². The standard InChI is InChI=1S/C24H32N2O2/c1-22(2)16-24(26-11-13-27-14-12-26)21(23(3,4)25-22)15-19-18-8-6-5-7-17(18)9-10-20(19)28-24/h5-10,21,25H,11-16H2,1-4H3/p+2/t21-,24-/m1/s1. The number of hydrogen-bond donors (Lipinski definition) is 2. The molecule has 0 bridgehead atoms. The molecule has 2 aromatic carbocycles. The third-order valence-corrected chi connectivity index (χ3v) is 7.33. The van der Waals surface area contributed by atoms with Crippen LogP contribution in [0.4, 0.5) is 0 Å². The number of morpholine rings is 1. The van der Waals surface area contributed by atoms with Gasteiger partial charge in [0.1, 0.15) is 35.8 Å². The Balaban J connectivity index is 1.68. The molecule has 0 amide bonds. The van der Waals surface area contributed by atoms with Crippen LogP contribution in [0, 0.1) is 5.92 Å². The van der Waals surface area contributed by atoms with Crippen LogP contribution in [0.1, 0.15) is 39.7 Å². The second-order valence-electron chi connectivity index (χ2n) is 10.4. The van der Waals surface area contributed by atoms with Crippen LogP contribution >= 0.6 is 0 Å². The lowest BCUT2D eigenvalue weighted by Crippen LogP contribution is -3.28. The van der Waals surface area contributed by atoms with E-state index in [0.29, 0.717) is 5.92 Å². The van der Waals surface area contributed by atoms with Crippen LogP contribution in [0.25, 0.3) is 10.8 Å². The van der Waals surface area contributed by atoms with E-state index in [-0.39, 0.29) is 16.8 Å². The van der Waals surface area contributed by atoms with Gasteiger partial charge in [0.25, 0.3) is 5.72 Å². The van der Waals surface area contributed by atoms with Crippen molar-refractivity contribution in [2.45, 2.75) is 57.3 Å². The molecule has 3 aliphatic rings. The second kappa shape index (κ2) is 6.19. The maximum atomic E-state index is 7.13. The number of hydrogen-bond acceptors (Lipinski definition) is 2. The molecule has 2 saturated heterocycles. The summed E-state index contributed by atoms with van der Waals surface area (Å²) in [5.41, 5.74) is 1.48. The van der Waals surface area contributed by atoms with Crippen LogP contribution in [0.3, 0.4) is 0 Å². The molecule has 4 heteroatoms. The lowest BCUT2D eigenvalue weighted by molar-refractivity contribution is -1.00. The quantitative estimate of drug-likeness (QED) is 0.785. The van der Waals surface area contributed by atoms with Crippen LogP contribution in [-0.4, -0.2) is 43.1 Å². The fraction of sp³-hybridized carbons (Fsp3) is 0.583. The first kappa shape index (κ1) is 18.4. The van der Waals surface area contributed by atoms with Gasteiger partial charge in [-0.05, 0) is 51.0 Å². The van der Waals surface area contributed by atoms with Crippen molar-refractivity contribution in [3.05, 3.63) is 42.0 Å². The largest absolute Gasteiger partial charge is 0.439 e. The lowest BCUT2D eigenvalue weighted by Gasteiger charge is -2.58. The fourth-order valence-electron chi connectivity index (χ4n) is 6.60. The molecule has 2 atom stereocenters. The van der Waals surface area contributed by atoms with Gasteiger partial charge in [0.15, 0.2) is 0 Å². The molecule has 3 heterocycles. The molecule has 2 aromatic rings. The molecule has 28 heavy (non-hydrogen) atoms. The molecule has 3 aliphatic heterocycles. The van der Waals surface area contributed by atoms with E-state index in [9.17, 15) is 0 Å². The molecule has 0 unspecified atom stereocenters. The highest BCUT2D eigenvalue weighted by Crippen LogP contribution is 2.46. The zero-order chi connectivity index (χ0) is 19.6. The summed E-state index contributed by atoms with van der Waals surface area (Å²) < 4.78 is 12.8. The Morgan fingerprint density at radius 3 is 2.54 bits per heavy atom. The van der Waals surface area contributed by atoms with Crippen LogP contribution in [-0.2, 0) is 11.2 Å². The Bertz CT molecular complexity index is 901. The van der Waals surface area contributed by atoms with Crippen LogP contribution in [0.2, 0.25) is 0 Å². The number of piperidine rings is 1. The Kier molecular flexibility index (Phi) is 4.07. The summed E-state index contributed by atoms with van der Waals surface area (Å²) in [4.78, 5) is 1.58. The van der Waals surface area contributed by atoms with Crippen molar-refractivity contribution in [1.82, 2.24) is 0 Å². The molecule has 5 rings (SSSR count). The van der Waals surface area contributed by atoms with Gasteiger partial charge < -0.3 is 14.8 Å². The van der Waals surface area contributed by atoms with E-state index < -0.39 is 0 Å². The molecule has 0 spiro atoms. The van der Waals surface area contributed by atoms with Crippen LogP contribution in [0.15, 0.2) is 36.4 Å². The van der Waals surface area contributed by atoms with E-state index in [1.165, 1.54) is 16.3 Å². The van der Waals surface area contributed by atoms with Gasteiger partial charge >= 0.3 is 0 Å². The highest BCUT2D eigenvalue weighted by atomic mass is 16.5. The summed E-state index contributed by atoms with van der Waals surface area (Å²) >= 11 is 0. The van der Waals surface area contributed by atoms with Crippen molar-refractivity contribution in [2.24, 2.45) is 5.92 Å². The van der Waals surface area contributed by atoms with E-state index in [1.54, 1.807) is 4.90 Å². The average molecular weight is 383 g/mol. The van der Waals surface area contributed by atoms with Gasteiger partial charge in [-0.25, -0.2) is 0 Å². The molecule has 2 fully saturated rings. The van der Waals surface area contributed by atoms with Gasteiger partial charge in [-0.3, -0.25) is 4.90 Å². The first-order chi connectivity index (χ1) is 13.3. The number of quaternary nitrogens is 2. The molecule has 150 valence electrons. The highest BCUT2D eigenvalue weighted by Gasteiger charge is 2.66. The van der Waals surface area contributed by atoms with Crippen LogP contribution < -0.4 is 15.0 Å². The Hall–Kier alpha value is -1.62. The topological polar surface area (TPSA) is 39.5 Å². The number of ether oxygens (including phenoxy) is 2. The van der Waals surface area contributed by atoms with E-state index in [1.807, 2.05) is 0 Å². The van der Waals surface area contributed by atoms with Crippen molar-refractivity contribution >= 4 is 10.8 Å².